The molecule has 1 aliphatic heterocycles. The summed E-state index contributed by atoms with van der Waals surface area (Å²) in [6, 6.07) is 11.9. The normalized spacial score (nSPS) is 18.0. The van der Waals surface area contributed by atoms with Crippen molar-refractivity contribution in [2.24, 2.45) is 0 Å². The summed E-state index contributed by atoms with van der Waals surface area (Å²) in [4.78, 5) is 12.9. The Kier molecular flexibility index (Phi) is 4.20. The van der Waals surface area contributed by atoms with E-state index >= 15 is 0 Å². The fraction of sp³-hybridized carbons (Fsp3) is 0.389. The van der Waals surface area contributed by atoms with Crippen LogP contribution < -0.4 is 10.1 Å². The topological polar surface area (TPSA) is 38.3 Å². The van der Waals surface area contributed by atoms with Crippen molar-refractivity contribution in [3.05, 3.63) is 42.0 Å². The van der Waals surface area contributed by atoms with Crippen LogP contribution in [-0.4, -0.2) is 25.0 Å². The standard InChI is InChI=1S/C18H21NO2/c1-2-12-21-16-10-9-13-6-3-4-7-14(13)17(16)18(20)15-8-5-11-19-15/h3-4,6-7,9-10,15,19H,2,5,8,11-12H2,1H3. The number of fused-ring (bicyclic) bond motifs is 1. The van der Waals surface area contributed by atoms with Gasteiger partial charge < -0.3 is 10.1 Å². The van der Waals surface area contributed by atoms with Gasteiger partial charge in [-0.2, -0.15) is 0 Å². The van der Waals surface area contributed by atoms with Crippen LogP contribution in [0.5, 0.6) is 5.75 Å². The highest BCUT2D eigenvalue weighted by atomic mass is 16.5. The van der Waals surface area contributed by atoms with Crippen molar-refractivity contribution in [3.8, 4) is 5.75 Å². The van der Waals surface area contributed by atoms with Gasteiger partial charge in [0.05, 0.1) is 18.2 Å². The minimum absolute atomic E-state index is 0.0696. The number of rotatable bonds is 5. The summed E-state index contributed by atoms with van der Waals surface area (Å²) in [5, 5.41) is 5.37. The van der Waals surface area contributed by atoms with Gasteiger partial charge in [0.25, 0.3) is 0 Å². The van der Waals surface area contributed by atoms with E-state index in [1.165, 1.54) is 0 Å². The van der Waals surface area contributed by atoms with Crippen molar-refractivity contribution in [1.82, 2.24) is 5.32 Å². The van der Waals surface area contributed by atoms with Gasteiger partial charge in [0.15, 0.2) is 5.78 Å². The Labute approximate surface area is 125 Å². The summed E-state index contributed by atoms with van der Waals surface area (Å²) in [5.74, 6) is 0.879. The van der Waals surface area contributed by atoms with E-state index in [0.29, 0.717) is 12.4 Å². The van der Waals surface area contributed by atoms with Gasteiger partial charge in [0.2, 0.25) is 0 Å². The highest BCUT2D eigenvalue weighted by molar-refractivity contribution is 6.12. The predicted molar refractivity (Wildman–Crippen MR) is 85.1 cm³/mol. The van der Waals surface area contributed by atoms with Crippen LogP contribution in [0.15, 0.2) is 36.4 Å². The zero-order valence-corrected chi connectivity index (χ0v) is 12.4. The number of benzene rings is 2. The van der Waals surface area contributed by atoms with E-state index in [-0.39, 0.29) is 11.8 Å². The summed E-state index contributed by atoms with van der Waals surface area (Å²) in [6.45, 7) is 3.63. The van der Waals surface area contributed by atoms with Crippen LogP contribution in [-0.2, 0) is 0 Å². The molecule has 1 heterocycles. The molecule has 1 N–H and O–H groups in total. The minimum atomic E-state index is -0.0696. The molecule has 1 aliphatic rings. The second-order valence-corrected chi connectivity index (χ2v) is 5.52. The lowest BCUT2D eigenvalue weighted by Gasteiger charge is -2.16. The maximum absolute atomic E-state index is 12.9. The third-order valence-electron chi connectivity index (χ3n) is 3.98. The molecule has 0 bridgehead atoms. The van der Waals surface area contributed by atoms with E-state index < -0.39 is 0 Å². The number of ketones is 1. The first-order valence-corrected chi connectivity index (χ1v) is 7.73. The van der Waals surface area contributed by atoms with Gasteiger partial charge in [-0.15, -0.1) is 0 Å². The molecule has 0 saturated carbocycles. The Morgan fingerprint density at radius 3 is 2.90 bits per heavy atom. The quantitative estimate of drug-likeness (QED) is 0.853. The summed E-state index contributed by atoms with van der Waals surface area (Å²) < 4.78 is 5.83. The molecule has 0 spiro atoms. The van der Waals surface area contributed by atoms with E-state index in [2.05, 4.69) is 12.2 Å². The lowest BCUT2D eigenvalue weighted by Crippen LogP contribution is -2.31. The van der Waals surface area contributed by atoms with Crippen LogP contribution in [0.2, 0.25) is 0 Å². The first kappa shape index (κ1) is 14.1. The van der Waals surface area contributed by atoms with Gasteiger partial charge in [-0.05, 0) is 42.6 Å². The molecule has 0 aromatic heterocycles. The molecular weight excluding hydrogens is 262 g/mol. The molecule has 2 aromatic carbocycles. The van der Waals surface area contributed by atoms with Crippen LogP contribution in [0, 0.1) is 0 Å². The van der Waals surface area contributed by atoms with Gasteiger partial charge in [-0.1, -0.05) is 37.3 Å². The van der Waals surface area contributed by atoms with Crippen LogP contribution in [0.1, 0.15) is 36.5 Å². The smallest absolute Gasteiger partial charge is 0.184 e. The zero-order chi connectivity index (χ0) is 14.7. The lowest BCUT2D eigenvalue weighted by atomic mass is 9.96. The first-order valence-electron chi connectivity index (χ1n) is 7.73. The van der Waals surface area contributed by atoms with E-state index in [9.17, 15) is 4.79 Å². The van der Waals surface area contributed by atoms with Crippen LogP contribution in [0.4, 0.5) is 0 Å². The number of carbonyl (C=O) groups excluding carboxylic acids is 1. The minimum Gasteiger partial charge on any atom is -0.493 e. The molecule has 0 radical (unpaired) electrons. The van der Waals surface area contributed by atoms with Crippen molar-refractivity contribution in [1.29, 1.82) is 0 Å². The fourth-order valence-corrected chi connectivity index (χ4v) is 2.92. The van der Waals surface area contributed by atoms with Crippen molar-refractivity contribution in [2.45, 2.75) is 32.2 Å². The van der Waals surface area contributed by atoms with Crippen LogP contribution in [0.25, 0.3) is 10.8 Å². The Bertz CT molecular complexity index is 645. The molecule has 1 saturated heterocycles. The molecule has 3 rings (SSSR count). The molecule has 2 aromatic rings. The SMILES string of the molecule is CCCOc1ccc2ccccc2c1C(=O)C1CCCN1. The number of carbonyl (C=O) groups is 1. The summed E-state index contributed by atoms with van der Waals surface area (Å²) in [5.41, 5.74) is 0.737. The van der Waals surface area contributed by atoms with Crippen molar-refractivity contribution < 1.29 is 9.53 Å². The molecule has 3 nitrogen and oxygen atoms in total. The van der Waals surface area contributed by atoms with Crippen LogP contribution in [0.3, 0.4) is 0 Å². The van der Waals surface area contributed by atoms with Gasteiger partial charge >= 0.3 is 0 Å². The third-order valence-corrected chi connectivity index (χ3v) is 3.98. The number of nitrogens with one attached hydrogen (secondary N) is 1. The summed E-state index contributed by atoms with van der Waals surface area (Å²) in [6.07, 6.45) is 2.91. The van der Waals surface area contributed by atoms with Crippen LogP contribution >= 0.6 is 0 Å². The lowest BCUT2D eigenvalue weighted by molar-refractivity contribution is 0.0950. The number of hydrogen-bond donors (Lipinski definition) is 1. The molecule has 110 valence electrons. The van der Waals surface area contributed by atoms with Gasteiger partial charge in [0.1, 0.15) is 5.75 Å². The van der Waals surface area contributed by atoms with Crippen molar-refractivity contribution in [3.63, 3.8) is 0 Å². The Balaban J connectivity index is 2.08. The molecule has 0 aliphatic carbocycles. The second-order valence-electron chi connectivity index (χ2n) is 5.52. The molecule has 1 fully saturated rings. The number of ether oxygens (including phenoxy) is 1. The Hall–Kier alpha value is -1.87. The Morgan fingerprint density at radius 2 is 2.14 bits per heavy atom. The maximum atomic E-state index is 12.9. The maximum Gasteiger partial charge on any atom is 0.184 e. The van der Waals surface area contributed by atoms with Gasteiger partial charge in [-0.3, -0.25) is 4.79 Å². The number of hydrogen-bond acceptors (Lipinski definition) is 3. The summed E-state index contributed by atoms with van der Waals surface area (Å²) in [7, 11) is 0. The van der Waals surface area contributed by atoms with E-state index in [0.717, 1.165) is 42.1 Å². The number of Topliss-reactive ketones (excluding diaryl/α,β-unsaturated/α-hetero) is 1. The molecule has 21 heavy (non-hydrogen) atoms. The highest BCUT2D eigenvalue weighted by Crippen LogP contribution is 2.30. The van der Waals surface area contributed by atoms with Gasteiger partial charge in [-0.25, -0.2) is 0 Å². The van der Waals surface area contributed by atoms with Crippen molar-refractivity contribution in [2.75, 3.05) is 13.2 Å². The van der Waals surface area contributed by atoms with E-state index in [1.54, 1.807) is 0 Å². The molecule has 1 unspecified atom stereocenters. The average molecular weight is 283 g/mol. The second kappa shape index (κ2) is 6.27. The van der Waals surface area contributed by atoms with Crippen molar-refractivity contribution >= 4 is 16.6 Å². The summed E-state index contributed by atoms with van der Waals surface area (Å²) >= 11 is 0. The zero-order valence-electron chi connectivity index (χ0n) is 12.4. The first-order chi connectivity index (χ1) is 10.3. The molecule has 1 atom stereocenters. The highest BCUT2D eigenvalue weighted by Gasteiger charge is 2.27. The molecule has 3 heteroatoms. The third kappa shape index (κ3) is 2.79. The van der Waals surface area contributed by atoms with E-state index in [4.69, 9.17) is 4.74 Å². The van der Waals surface area contributed by atoms with E-state index in [1.807, 2.05) is 36.4 Å². The molecular formula is C18H21NO2. The molecule has 0 amide bonds. The largest absolute Gasteiger partial charge is 0.493 e. The monoisotopic (exact) mass is 283 g/mol. The van der Waals surface area contributed by atoms with Gasteiger partial charge in [0, 0.05) is 0 Å². The fourth-order valence-electron chi connectivity index (χ4n) is 2.92. The Morgan fingerprint density at radius 1 is 1.29 bits per heavy atom. The average Bonchev–Trinajstić information content (AvgIpc) is 3.06. The predicted octanol–water partition coefficient (Wildman–Crippen LogP) is 3.56.